The summed E-state index contributed by atoms with van der Waals surface area (Å²) in [5.74, 6) is -0.201. The minimum absolute atomic E-state index is 0.174. The van der Waals surface area contributed by atoms with E-state index in [1.165, 1.54) is 18.2 Å². The number of amidine groups is 1. The van der Waals surface area contributed by atoms with Crippen LogP contribution in [0.1, 0.15) is 12.5 Å². The third-order valence-electron chi connectivity index (χ3n) is 2.52. The van der Waals surface area contributed by atoms with Gasteiger partial charge in [0.1, 0.15) is 5.69 Å². The second-order valence-electron chi connectivity index (χ2n) is 4.18. The summed E-state index contributed by atoms with van der Waals surface area (Å²) in [6.45, 7) is 1.84. The summed E-state index contributed by atoms with van der Waals surface area (Å²) in [7, 11) is 1.64. The van der Waals surface area contributed by atoms with E-state index in [1.54, 1.807) is 18.9 Å². The number of benzene rings is 1. The molecule has 8 nitrogen and oxygen atoms in total. The number of aliphatic hydroxyl groups excluding tert-OH is 1. The van der Waals surface area contributed by atoms with E-state index in [-0.39, 0.29) is 23.6 Å². The standard InChI is InChI=1S/C11H16N4O4/c1-7(16)6-14(2)9-4-3-8(11(12)13-17)5-10(9)15(18)19/h3-5,7,16-17H,6H2,1-2H3,(H2,12,13). The Morgan fingerprint density at radius 3 is 2.74 bits per heavy atom. The lowest BCUT2D eigenvalue weighted by atomic mass is 10.1. The number of nitro benzene ring substituents is 1. The van der Waals surface area contributed by atoms with Crippen LogP contribution < -0.4 is 10.6 Å². The zero-order valence-electron chi connectivity index (χ0n) is 10.6. The zero-order chi connectivity index (χ0) is 14.6. The number of aliphatic hydroxyl groups is 1. The lowest BCUT2D eigenvalue weighted by molar-refractivity contribution is -0.384. The fourth-order valence-corrected chi connectivity index (χ4v) is 1.70. The topological polar surface area (TPSA) is 125 Å². The number of hydrogen-bond acceptors (Lipinski definition) is 6. The van der Waals surface area contributed by atoms with Gasteiger partial charge in [-0.15, -0.1) is 0 Å². The minimum Gasteiger partial charge on any atom is -0.409 e. The number of hydrogen-bond donors (Lipinski definition) is 3. The van der Waals surface area contributed by atoms with Crippen molar-refractivity contribution in [3.8, 4) is 0 Å². The number of nitrogens with two attached hydrogens (primary N) is 1. The van der Waals surface area contributed by atoms with Crippen LogP contribution in [0.4, 0.5) is 11.4 Å². The Kier molecular flexibility index (Phi) is 4.65. The number of rotatable bonds is 5. The molecule has 0 aliphatic heterocycles. The van der Waals surface area contributed by atoms with Crippen molar-refractivity contribution in [2.75, 3.05) is 18.5 Å². The second-order valence-corrected chi connectivity index (χ2v) is 4.18. The first-order chi connectivity index (χ1) is 8.86. The van der Waals surface area contributed by atoms with Gasteiger partial charge in [0.05, 0.1) is 11.0 Å². The van der Waals surface area contributed by atoms with Crippen LogP contribution in [0.15, 0.2) is 23.4 Å². The average molecular weight is 268 g/mol. The molecule has 8 heteroatoms. The minimum atomic E-state index is -0.617. The van der Waals surface area contributed by atoms with E-state index in [9.17, 15) is 15.2 Å². The van der Waals surface area contributed by atoms with Crippen molar-refractivity contribution in [1.82, 2.24) is 0 Å². The molecule has 1 unspecified atom stereocenters. The van der Waals surface area contributed by atoms with Crippen molar-refractivity contribution < 1.29 is 15.2 Å². The first-order valence-corrected chi connectivity index (χ1v) is 5.52. The number of nitrogens with zero attached hydrogens (tertiary/aromatic N) is 3. The highest BCUT2D eigenvalue weighted by atomic mass is 16.6. The summed E-state index contributed by atoms with van der Waals surface area (Å²) in [6.07, 6.45) is -0.617. The van der Waals surface area contributed by atoms with Crippen molar-refractivity contribution >= 4 is 17.2 Å². The molecule has 0 saturated heterocycles. The Hall–Kier alpha value is -2.35. The van der Waals surface area contributed by atoms with Gasteiger partial charge in [-0.05, 0) is 19.1 Å². The smallest absolute Gasteiger partial charge is 0.293 e. The second kappa shape index (κ2) is 6.01. The summed E-state index contributed by atoms with van der Waals surface area (Å²) in [4.78, 5) is 12.1. The van der Waals surface area contributed by atoms with Gasteiger partial charge in [0.15, 0.2) is 5.84 Å². The van der Waals surface area contributed by atoms with Crippen LogP contribution in [-0.2, 0) is 0 Å². The molecule has 1 aromatic rings. The highest BCUT2D eigenvalue weighted by Crippen LogP contribution is 2.28. The molecule has 0 amide bonds. The Balaban J connectivity index is 3.22. The predicted octanol–water partition coefficient (Wildman–Crippen LogP) is 0.506. The maximum Gasteiger partial charge on any atom is 0.293 e. The molecule has 0 aliphatic rings. The first-order valence-electron chi connectivity index (χ1n) is 5.52. The van der Waals surface area contributed by atoms with Gasteiger partial charge < -0.3 is 20.9 Å². The van der Waals surface area contributed by atoms with Gasteiger partial charge in [0, 0.05) is 25.2 Å². The molecule has 1 atom stereocenters. The normalized spacial score (nSPS) is 13.1. The average Bonchev–Trinajstić information content (AvgIpc) is 2.36. The summed E-state index contributed by atoms with van der Waals surface area (Å²) in [5, 5.41) is 31.7. The van der Waals surface area contributed by atoms with E-state index >= 15 is 0 Å². The van der Waals surface area contributed by atoms with E-state index in [0.717, 1.165) is 0 Å². The molecule has 0 aromatic heterocycles. The molecule has 0 spiro atoms. The van der Waals surface area contributed by atoms with E-state index in [4.69, 9.17) is 10.9 Å². The fraction of sp³-hybridized carbons (Fsp3) is 0.364. The molecule has 4 N–H and O–H groups in total. The molecule has 0 radical (unpaired) electrons. The third kappa shape index (κ3) is 3.55. The highest BCUT2D eigenvalue weighted by Gasteiger charge is 2.19. The predicted molar refractivity (Wildman–Crippen MR) is 70.6 cm³/mol. The van der Waals surface area contributed by atoms with Gasteiger partial charge in [-0.25, -0.2) is 0 Å². The third-order valence-corrected chi connectivity index (χ3v) is 2.52. The van der Waals surface area contributed by atoms with Gasteiger partial charge in [-0.1, -0.05) is 5.16 Å². The van der Waals surface area contributed by atoms with E-state index in [1.807, 2.05) is 0 Å². The molecule has 19 heavy (non-hydrogen) atoms. The largest absolute Gasteiger partial charge is 0.409 e. The quantitative estimate of drug-likeness (QED) is 0.235. The number of oxime groups is 1. The lowest BCUT2D eigenvalue weighted by Crippen LogP contribution is -2.27. The van der Waals surface area contributed by atoms with E-state index in [2.05, 4.69) is 5.16 Å². The number of nitro groups is 1. The number of anilines is 1. The molecular formula is C11H16N4O4. The number of likely N-dealkylation sites (N-methyl/N-ethyl adjacent to an activating group) is 1. The molecule has 0 aliphatic carbocycles. The Labute approximate surface area is 109 Å². The van der Waals surface area contributed by atoms with Crippen molar-refractivity contribution in [3.05, 3.63) is 33.9 Å². The monoisotopic (exact) mass is 268 g/mol. The molecule has 0 saturated carbocycles. The molecule has 0 bridgehead atoms. The van der Waals surface area contributed by atoms with Crippen LogP contribution in [0.3, 0.4) is 0 Å². The zero-order valence-corrected chi connectivity index (χ0v) is 10.6. The van der Waals surface area contributed by atoms with Crippen LogP contribution in [0.2, 0.25) is 0 Å². The molecular weight excluding hydrogens is 252 g/mol. The van der Waals surface area contributed by atoms with Crippen LogP contribution in [0.5, 0.6) is 0 Å². The molecule has 0 fully saturated rings. The molecule has 104 valence electrons. The van der Waals surface area contributed by atoms with E-state index < -0.39 is 11.0 Å². The van der Waals surface area contributed by atoms with Crippen LogP contribution in [0, 0.1) is 10.1 Å². The SMILES string of the molecule is CC(O)CN(C)c1ccc(C(N)=NO)cc1[N+](=O)[O-]. The summed E-state index contributed by atoms with van der Waals surface area (Å²) in [6, 6.07) is 4.23. The fourth-order valence-electron chi connectivity index (χ4n) is 1.70. The van der Waals surface area contributed by atoms with Crippen LogP contribution >= 0.6 is 0 Å². The molecule has 1 rings (SSSR count). The van der Waals surface area contributed by atoms with Gasteiger partial charge in [-0.3, -0.25) is 10.1 Å². The van der Waals surface area contributed by atoms with Crippen LogP contribution in [-0.4, -0.2) is 40.8 Å². The van der Waals surface area contributed by atoms with Gasteiger partial charge in [-0.2, -0.15) is 0 Å². The maximum absolute atomic E-state index is 11.0. The van der Waals surface area contributed by atoms with Crippen molar-refractivity contribution in [1.29, 1.82) is 0 Å². The summed E-state index contributed by atoms with van der Waals surface area (Å²) >= 11 is 0. The van der Waals surface area contributed by atoms with Gasteiger partial charge in [0.25, 0.3) is 5.69 Å². The van der Waals surface area contributed by atoms with Gasteiger partial charge >= 0.3 is 0 Å². The highest BCUT2D eigenvalue weighted by molar-refractivity contribution is 5.98. The lowest BCUT2D eigenvalue weighted by Gasteiger charge is -2.20. The van der Waals surface area contributed by atoms with Crippen molar-refractivity contribution in [2.24, 2.45) is 10.9 Å². The van der Waals surface area contributed by atoms with Crippen molar-refractivity contribution in [2.45, 2.75) is 13.0 Å². The van der Waals surface area contributed by atoms with E-state index in [0.29, 0.717) is 5.69 Å². The molecule has 1 aromatic carbocycles. The maximum atomic E-state index is 11.0. The molecule has 0 heterocycles. The Morgan fingerprint density at radius 2 is 2.26 bits per heavy atom. The van der Waals surface area contributed by atoms with Gasteiger partial charge in [0.2, 0.25) is 0 Å². The summed E-state index contributed by atoms with van der Waals surface area (Å²) < 4.78 is 0. The first kappa shape index (κ1) is 14.7. The Bertz CT molecular complexity index is 501. The summed E-state index contributed by atoms with van der Waals surface area (Å²) in [5.41, 5.74) is 5.82. The van der Waals surface area contributed by atoms with Crippen molar-refractivity contribution in [3.63, 3.8) is 0 Å². The Morgan fingerprint density at radius 1 is 1.63 bits per heavy atom. The van der Waals surface area contributed by atoms with Crippen LogP contribution in [0.25, 0.3) is 0 Å².